The Balaban J connectivity index is 1.86. The summed E-state index contributed by atoms with van der Waals surface area (Å²) in [5.74, 6) is -2.11. The molecule has 0 radical (unpaired) electrons. The summed E-state index contributed by atoms with van der Waals surface area (Å²) in [6.07, 6.45) is 4.53. The van der Waals surface area contributed by atoms with E-state index in [9.17, 15) is 19.5 Å². The van der Waals surface area contributed by atoms with E-state index in [-0.39, 0.29) is 17.2 Å². The number of aliphatic hydroxyl groups is 1. The van der Waals surface area contributed by atoms with Gasteiger partial charge in [-0.05, 0) is 48.5 Å². The molecule has 4 rings (SSSR count). The number of carbonyl (C=O) groups is 3. The quantitative estimate of drug-likeness (QED) is 0.385. The van der Waals surface area contributed by atoms with Crippen molar-refractivity contribution in [2.75, 3.05) is 10.2 Å². The lowest BCUT2D eigenvalue weighted by Gasteiger charge is -2.24. The van der Waals surface area contributed by atoms with Crippen molar-refractivity contribution < 1.29 is 19.5 Å². The number of nitrogens with one attached hydrogen (secondary N) is 1. The summed E-state index contributed by atoms with van der Waals surface area (Å²) in [7, 11) is 0. The minimum atomic E-state index is -0.916. The molecule has 8 nitrogen and oxygen atoms in total. The molecular weight excluding hydrogens is 396 g/mol. The number of aromatic nitrogens is 2. The number of rotatable bonds is 4. The number of pyridine rings is 2. The molecule has 0 spiro atoms. The fourth-order valence-electron chi connectivity index (χ4n) is 3.49. The zero-order valence-corrected chi connectivity index (χ0v) is 16.5. The van der Waals surface area contributed by atoms with Crippen LogP contribution in [0.5, 0.6) is 0 Å². The maximum absolute atomic E-state index is 13.0. The smallest absolute Gasteiger partial charge is 0.300 e. The van der Waals surface area contributed by atoms with Crippen molar-refractivity contribution in [3.63, 3.8) is 0 Å². The van der Waals surface area contributed by atoms with Gasteiger partial charge >= 0.3 is 0 Å². The fourth-order valence-corrected chi connectivity index (χ4v) is 3.49. The molecule has 2 N–H and O–H groups in total. The Morgan fingerprint density at radius 1 is 1.00 bits per heavy atom. The maximum atomic E-state index is 13.0. The average Bonchev–Trinajstić information content (AvgIpc) is 3.05. The van der Waals surface area contributed by atoms with Gasteiger partial charge in [-0.1, -0.05) is 6.07 Å². The third-order valence-electron chi connectivity index (χ3n) is 4.83. The van der Waals surface area contributed by atoms with Gasteiger partial charge in [0, 0.05) is 42.5 Å². The van der Waals surface area contributed by atoms with Crippen LogP contribution >= 0.6 is 0 Å². The molecule has 1 atom stereocenters. The summed E-state index contributed by atoms with van der Waals surface area (Å²) in [4.78, 5) is 46.8. The predicted octanol–water partition coefficient (Wildman–Crippen LogP) is 3.06. The lowest BCUT2D eigenvalue weighted by Crippen LogP contribution is -2.29. The van der Waals surface area contributed by atoms with E-state index < -0.39 is 17.7 Å². The van der Waals surface area contributed by atoms with Crippen molar-refractivity contribution in [1.29, 1.82) is 0 Å². The van der Waals surface area contributed by atoms with Crippen molar-refractivity contribution in [2.45, 2.75) is 13.0 Å². The highest BCUT2D eigenvalue weighted by Gasteiger charge is 2.47. The van der Waals surface area contributed by atoms with Crippen LogP contribution in [0, 0.1) is 0 Å². The van der Waals surface area contributed by atoms with Crippen molar-refractivity contribution in [3.05, 3.63) is 90.0 Å². The lowest BCUT2D eigenvalue weighted by molar-refractivity contribution is -0.132. The van der Waals surface area contributed by atoms with E-state index in [1.165, 1.54) is 24.2 Å². The molecule has 0 aliphatic carbocycles. The monoisotopic (exact) mass is 414 g/mol. The van der Waals surface area contributed by atoms with Crippen LogP contribution in [0.25, 0.3) is 5.76 Å². The van der Waals surface area contributed by atoms with E-state index >= 15 is 0 Å². The first-order chi connectivity index (χ1) is 15.0. The Morgan fingerprint density at radius 2 is 1.71 bits per heavy atom. The maximum Gasteiger partial charge on any atom is 0.300 e. The van der Waals surface area contributed by atoms with Gasteiger partial charge in [-0.2, -0.15) is 0 Å². The average molecular weight is 414 g/mol. The van der Waals surface area contributed by atoms with E-state index in [0.29, 0.717) is 22.6 Å². The zero-order chi connectivity index (χ0) is 22.0. The third kappa shape index (κ3) is 3.78. The van der Waals surface area contributed by atoms with E-state index in [0.717, 1.165) is 0 Å². The Labute approximate surface area is 177 Å². The molecule has 3 heterocycles. The molecule has 0 saturated carbocycles. The highest BCUT2D eigenvalue weighted by atomic mass is 16.3. The van der Waals surface area contributed by atoms with E-state index in [1.54, 1.807) is 60.8 Å². The van der Waals surface area contributed by atoms with Crippen LogP contribution in [0.2, 0.25) is 0 Å². The molecule has 2 aromatic heterocycles. The van der Waals surface area contributed by atoms with Crippen LogP contribution in [0.1, 0.15) is 24.2 Å². The standard InChI is InChI=1S/C23H18N4O4/c1-14(28)26-16-5-7-17(8-6-16)27-20(18-4-2-3-11-25-18)19(22(30)23(27)31)21(29)15-9-12-24-13-10-15/h2-13,20,29H,1H3,(H,26,28)/b21-19-. The van der Waals surface area contributed by atoms with Crippen LogP contribution in [0.3, 0.4) is 0 Å². The van der Waals surface area contributed by atoms with E-state index in [2.05, 4.69) is 15.3 Å². The number of Topliss-reactive ketones (excluding diaryl/α,β-unsaturated/α-hetero) is 1. The molecule has 1 fully saturated rings. The molecule has 31 heavy (non-hydrogen) atoms. The van der Waals surface area contributed by atoms with Crippen molar-refractivity contribution >= 4 is 34.7 Å². The number of aliphatic hydroxyl groups excluding tert-OH is 1. The summed E-state index contributed by atoms with van der Waals surface area (Å²) in [5, 5.41) is 13.6. The molecule has 1 aliphatic heterocycles. The van der Waals surface area contributed by atoms with Gasteiger partial charge in [-0.15, -0.1) is 0 Å². The molecule has 154 valence electrons. The number of anilines is 2. The van der Waals surface area contributed by atoms with Crippen molar-refractivity contribution in [2.24, 2.45) is 0 Å². The van der Waals surface area contributed by atoms with Gasteiger partial charge in [0.2, 0.25) is 5.91 Å². The molecule has 3 aromatic rings. The minimum absolute atomic E-state index is 0.0548. The van der Waals surface area contributed by atoms with Gasteiger partial charge in [0.1, 0.15) is 11.8 Å². The summed E-state index contributed by atoms with van der Waals surface area (Å²) >= 11 is 0. The molecular formula is C23H18N4O4. The molecule has 8 heteroatoms. The van der Waals surface area contributed by atoms with Gasteiger partial charge in [0.15, 0.2) is 0 Å². The molecule has 0 bridgehead atoms. The van der Waals surface area contributed by atoms with Crippen LogP contribution in [-0.4, -0.2) is 32.7 Å². The SMILES string of the molecule is CC(=O)Nc1ccc(N2C(=O)C(=O)/C(=C(\O)c3ccncc3)C2c2ccccn2)cc1. The first kappa shape index (κ1) is 20.0. The van der Waals surface area contributed by atoms with Gasteiger partial charge in [0.05, 0.1) is 11.3 Å². The molecule has 1 aliphatic rings. The molecule has 1 aromatic carbocycles. The largest absolute Gasteiger partial charge is 0.507 e. The van der Waals surface area contributed by atoms with Crippen LogP contribution in [0.4, 0.5) is 11.4 Å². The van der Waals surface area contributed by atoms with E-state index in [4.69, 9.17) is 0 Å². The summed E-state index contributed by atoms with van der Waals surface area (Å²) < 4.78 is 0. The fraction of sp³-hybridized carbons (Fsp3) is 0.0870. The number of hydrogen-bond acceptors (Lipinski definition) is 6. The first-order valence-corrected chi connectivity index (χ1v) is 9.47. The normalized spacial score (nSPS) is 17.6. The zero-order valence-electron chi connectivity index (χ0n) is 16.5. The Hall–Kier alpha value is -4.33. The highest BCUT2D eigenvalue weighted by molar-refractivity contribution is 6.51. The number of ketones is 1. The number of nitrogens with zero attached hydrogens (tertiary/aromatic N) is 3. The highest BCUT2D eigenvalue weighted by Crippen LogP contribution is 2.41. The van der Waals surface area contributed by atoms with Gasteiger partial charge in [-0.25, -0.2) is 0 Å². The number of carbonyl (C=O) groups excluding carboxylic acids is 3. The second-order valence-electron chi connectivity index (χ2n) is 6.89. The summed E-state index contributed by atoms with van der Waals surface area (Å²) in [6.45, 7) is 1.40. The summed E-state index contributed by atoms with van der Waals surface area (Å²) in [6, 6.07) is 13.9. The Morgan fingerprint density at radius 3 is 2.32 bits per heavy atom. The van der Waals surface area contributed by atoms with Crippen molar-refractivity contribution in [1.82, 2.24) is 9.97 Å². The van der Waals surface area contributed by atoms with Crippen LogP contribution in [0.15, 0.2) is 78.8 Å². The number of benzene rings is 1. The molecule has 1 saturated heterocycles. The first-order valence-electron chi connectivity index (χ1n) is 9.47. The van der Waals surface area contributed by atoms with Crippen molar-refractivity contribution in [3.8, 4) is 0 Å². The Bertz CT molecular complexity index is 1180. The Kier molecular flexibility index (Phi) is 5.28. The van der Waals surface area contributed by atoms with Gasteiger partial charge < -0.3 is 10.4 Å². The molecule has 1 unspecified atom stereocenters. The second-order valence-corrected chi connectivity index (χ2v) is 6.89. The van der Waals surface area contributed by atoms with Crippen LogP contribution in [-0.2, 0) is 14.4 Å². The van der Waals surface area contributed by atoms with Gasteiger partial charge in [-0.3, -0.25) is 29.3 Å². The number of amides is 2. The molecule has 2 amide bonds. The third-order valence-corrected chi connectivity index (χ3v) is 4.83. The van der Waals surface area contributed by atoms with Gasteiger partial charge in [0.25, 0.3) is 11.7 Å². The predicted molar refractivity (Wildman–Crippen MR) is 114 cm³/mol. The summed E-state index contributed by atoms with van der Waals surface area (Å²) in [5.41, 5.74) is 1.73. The number of hydrogen-bond donors (Lipinski definition) is 2. The minimum Gasteiger partial charge on any atom is -0.507 e. The van der Waals surface area contributed by atoms with E-state index in [1.807, 2.05) is 0 Å². The second kappa shape index (κ2) is 8.19. The lowest BCUT2D eigenvalue weighted by atomic mass is 9.98. The topological polar surface area (TPSA) is 112 Å². The van der Waals surface area contributed by atoms with Crippen LogP contribution < -0.4 is 10.2 Å².